The number of ketones is 1. The monoisotopic (exact) mass is 256 g/mol. The Labute approximate surface area is 92.4 Å². The molecule has 2 nitrogen and oxygen atoms in total. The number of rotatable bonds is 4. The summed E-state index contributed by atoms with van der Waals surface area (Å²) in [5.41, 5.74) is 1.75. The molecule has 1 aromatic rings. The van der Waals surface area contributed by atoms with Gasteiger partial charge in [-0.05, 0) is 24.6 Å². The number of hydrogen-bond donors (Lipinski definition) is 0. The molecule has 0 aliphatic carbocycles. The first kappa shape index (κ1) is 11.2. The second-order valence-corrected chi connectivity index (χ2v) is 3.84. The van der Waals surface area contributed by atoms with Gasteiger partial charge in [-0.3, -0.25) is 4.79 Å². The lowest BCUT2D eigenvalue weighted by molar-refractivity contribution is 0.0989. The Morgan fingerprint density at radius 1 is 1.50 bits per heavy atom. The summed E-state index contributed by atoms with van der Waals surface area (Å²) in [7, 11) is 1.60. The molecule has 0 N–H and O–H groups in total. The number of ether oxygens (including phenoxy) is 1. The van der Waals surface area contributed by atoms with Gasteiger partial charge < -0.3 is 4.74 Å². The summed E-state index contributed by atoms with van der Waals surface area (Å²) in [6, 6.07) is 5.56. The minimum atomic E-state index is 0.151. The summed E-state index contributed by atoms with van der Waals surface area (Å²) in [5, 5.41) is 0.697. The molecule has 0 saturated heterocycles. The number of hydrogen-bond acceptors (Lipinski definition) is 2. The highest BCUT2D eigenvalue weighted by Crippen LogP contribution is 2.18. The second kappa shape index (κ2) is 5.15. The Morgan fingerprint density at radius 2 is 2.21 bits per heavy atom. The van der Waals surface area contributed by atoms with E-state index in [2.05, 4.69) is 15.9 Å². The summed E-state index contributed by atoms with van der Waals surface area (Å²) < 4.78 is 5.07. The summed E-state index contributed by atoms with van der Waals surface area (Å²) in [6.07, 6.45) is 0.522. The van der Waals surface area contributed by atoms with E-state index >= 15 is 0 Å². The van der Waals surface area contributed by atoms with Crippen molar-refractivity contribution in [1.82, 2.24) is 0 Å². The van der Waals surface area contributed by atoms with Gasteiger partial charge in [0, 0.05) is 17.3 Å². The Hall–Kier alpha value is -0.830. The minimum Gasteiger partial charge on any atom is -0.497 e. The van der Waals surface area contributed by atoms with Crippen LogP contribution in [0.15, 0.2) is 18.2 Å². The third-order valence-corrected chi connectivity index (χ3v) is 2.46. The van der Waals surface area contributed by atoms with Gasteiger partial charge >= 0.3 is 0 Å². The van der Waals surface area contributed by atoms with E-state index < -0.39 is 0 Å². The van der Waals surface area contributed by atoms with Crippen molar-refractivity contribution in [3.8, 4) is 5.75 Å². The second-order valence-electron chi connectivity index (χ2n) is 3.04. The number of carbonyl (C=O) groups excluding carboxylic acids is 1. The summed E-state index contributed by atoms with van der Waals surface area (Å²) in [6.45, 7) is 1.93. The van der Waals surface area contributed by atoms with Crippen molar-refractivity contribution in [1.29, 1.82) is 0 Å². The molecule has 0 spiro atoms. The number of alkyl halides is 1. The molecule has 0 bridgehead atoms. The fourth-order valence-corrected chi connectivity index (χ4v) is 1.61. The van der Waals surface area contributed by atoms with Crippen molar-refractivity contribution in [3.05, 3.63) is 29.3 Å². The molecule has 1 aromatic carbocycles. The Balaban J connectivity index is 2.99. The molecule has 76 valence electrons. The van der Waals surface area contributed by atoms with Crippen LogP contribution in [0.25, 0.3) is 0 Å². The number of carbonyl (C=O) groups is 1. The van der Waals surface area contributed by atoms with Crippen molar-refractivity contribution in [2.45, 2.75) is 13.3 Å². The maximum atomic E-state index is 11.6. The van der Waals surface area contributed by atoms with Crippen LogP contribution >= 0.6 is 15.9 Å². The molecule has 0 amide bonds. The topological polar surface area (TPSA) is 26.3 Å². The minimum absolute atomic E-state index is 0.151. The predicted molar refractivity (Wildman–Crippen MR) is 60.5 cm³/mol. The Bertz CT molecular complexity index is 334. The lowest BCUT2D eigenvalue weighted by Gasteiger charge is -2.06. The molecule has 3 heteroatoms. The summed E-state index contributed by atoms with van der Waals surface area (Å²) in [4.78, 5) is 11.6. The fraction of sp³-hybridized carbons (Fsp3) is 0.364. The third-order valence-electron chi connectivity index (χ3n) is 2.07. The van der Waals surface area contributed by atoms with Crippen LogP contribution in [0.5, 0.6) is 5.75 Å². The molecule has 0 atom stereocenters. The number of benzene rings is 1. The van der Waals surface area contributed by atoms with Crippen LogP contribution < -0.4 is 4.74 Å². The summed E-state index contributed by atoms with van der Waals surface area (Å²) in [5.74, 6) is 0.881. The average molecular weight is 257 g/mol. The van der Waals surface area contributed by atoms with Crippen molar-refractivity contribution in [3.63, 3.8) is 0 Å². The van der Waals surface area contributed by atoms with Gasteiger partial charge in [-0.2, -0.15) is 0 Å². The Kier molecular flexibility index (Phi) is 4.14. The van der Waals surface area contributed by atoms with Crippen LogP contribution in [-0.4, -0.2) is 18.2 Å². The first-order valence-electron chi connectivity index (χ1n) is 4.43. The van der Waals surface area contributed by atoms with E-state index in [0.29, 0.717) is 11.8 Å². The number of halogens is 1. The molecule has 0 fully saturated rings. The maximum Gasteiger partial charge on any atom is 0.164 e. The lowest BCUT2D eigenvalue weighted by Crippen LogP contribution is -2.02. The highest BCUT2D eigenvalue weighted by Gasteiger charge is 2.09. The van der Waals surface area contributed by atoms with Crippen molar-refractivity contribution in [2.24, 2.45) is 0 Å². The van der Waals surface area contributed by atoms with E-state index in [1.54, 1.807) is 13.2 Å². The van der Waals surface area contributed by atoms with Crippen LogP contribution in [0, 0.1) is 6.92 Å². The zero-order chi connectivity index (χ0) is 10.6. The fourth-order valence-electron chi connectivity index (χ4n) is 1.25. The van der Waals surface area contributed by atoms with E-state index in [1.807, 2.05) is 19.1 Å². The maximum absolute atomic E-state index is 11.6. The van der Waals surface area contributed by atoms with Crippen LogP contribution in [-0.2, 0) is 0 Å². The Morgan fingerprint density at radius 3 is 2.79 bits per heavy atom. The van der Waals surface area contributed by atoms with E-state index in [-0.39, 0.29) is 5.78 Å². The van der Waals surface area contributed by atoms with Gasteiger partial charge in [0.05, 0.1) is 7.11 Å². The third kappa shape index (κ3) is 2.58. The van der Waals surface area contributed by atoms with Gasteiger partial charge in [0.15, 0.2) is 5.78 Å². The number of aryl methyl sites for hydroxylation is 1. The largest absolute Gasteiger partial charge is 0.497 e. The van der Waals surface area contributed by atoms with E-state index in [1.165, 1.54) is 0 Å². The smallest absolute Gasteiger partial charge is 0.164 e. The molecule has 0 unspecified atom stereocenters. The summed E-state index contributed by atoms with van der Waals surface area (Å²) >= 11 is 3.26. The van der Waals surface area contributed by atoms with E-state index in [4.69, 9.17) is 4.74 Å². The molecule has 0 aliphatic rings. The molecule has 0 aliphatic heterocycles. The predicted octanol–water partition coefficient (Wildman–Crippen LogP) is 2.97. The standard InChI is InChI=1S/C11H13BrO2/c1-8-3-4-9(14-2)7-10(8)11(13)5-6-12/h3-4,7H,5-6H2,1-2H3. The molecule has 0 saturated carbocycles. The van der Waals surface area contributed by atoms with Crippen LogP contribution in [0.4, 0.5) is 0 Å². The number of methoxy groups -OCH3 is 1. The number of Topliss-reactive ketones (excluding diaryl/α,β-unsaturated/α-hetero) is 1. The normalized spacial score (nSPS) is 9.93. The van der Waals surface area contributed by atoms with Crippen LogP contribution in [0.2, 0.25) is 0 Å². The van der Waals surface area contributed by atoms with E-state index in [0.717, 1.165) is 16.9 Å². The van der Waals surface area contributed by atoms with Gasteiger partial charge in [0.25, 0.3) is 0 Å². The molecule has 14 heavy (non-hydrogen) atoms. The van der Waals surface area contributed by atoms with Crippen molar-refractivity contribution in [2.75, 3.05) is 12.4 Å². The van der Waals surface area contributed by atoms with Gasteiger partial charge in [0.1, 0.15) is 5.75 Å². The quantitative estimate of drug-likeness (QED) is 0.612. The van der Waals surface area contributed by atoms with Gasteiger partial charge in [-0.25, -0.2) is 0 Å². The highest BCUT2D eigenvalue weighted by atomic mass is 79.9. The first-order valence-corrected chi connectivity index (χ1v) is 5.55. The molecule has 0 heterocycles. The van der Waals surface area contributed by atoms with Gasteiger partial charge in [0.2, 0.25) is 0 Å². The zero-order valence-corrected chi connectivity index (χ0v) is 9.93. The van der Waals surface area contributed by atoms with Gasteiger partial charge in [-0.15, -0.1) is 0 Å². The van der Waals surface area contributed by atoms with E-state index in [9.17, 15) is 4.79 Å². The van der Waals surface area contributed by atoms with Crippen LogP contribution in [0.1, 0.15) is 22.3 Å². The van der Waals surface area contributed by atoms with Crippen molar-refractivity contribution >= 4 is 21.7 Å². The molecule has 1 rings (SSSR count). The molecular weight excluding hydrogens is 244 g/mol. The molecule has 0 radical (unpaired) electrons. The zero-order valence-electron chi connectivity index (χ0n) is 8.34. The van der Waals surface area contributed by atoms with Crippen molar-refractivity contribution < 1.29 is 9.53 Å². The highest BCUT2D eigenvalue weighted by molar-refractivity contribution is 9.09. The van der Waals surface area contributed by atoms with Gasteiger partial charge in [-0.1, -0.05) is 22.0 Å². The molecular formula is C11H13BrO2. The molecule has 0 aromatic heterocycles. The SMILES string of the molecule is COc1ccc(C)c(C(=O)CCBr)c1. The average Bonchev–Trinajstić information content (AvgIpc) is 2.19. The first-order chi connectivity index (χ1) is 6.69. The lowest BCUT2D eigenvalue weighted by atomic mass is 10.0. The van der Waals surface area contributed by atoms with Crippen LogP contribution in [0.3, 0.4) is 0 Å².